The molecule has 2 unspecified atom stereocenters. The fourth-order valence-electron chi connectivity index (χ4n) is 2.93. The van der Waals surface area contributed by atoms with Crippen molar-refractivity contribution >= 4 is 17.7 Å². The highest BCUT2D eigenvalue weighted by molar-refractivity contribution is 5.95. The molecule has 0 saturated carbocycles. The summed E-state index contributed by atoms with van der Waals surface area (Å²) in [7, 11) is 0. The molecule has 26 heavy (non-hydrogen) atoms. The van der Waals surface area contributed by atoms with Crippen molar-refractivity contribution in [1.82, 2.24) is 15.5 Å². The molecule has 142 valence electrons. The van der Waals surface area contributed by atoms with Crippen LogP contribution in [0.1, 0.15) is 37.6 Å². The fourth-order valence-corrected chi connectivity index (χ4v) is 2.93. The van der Waals surface area contributed by atoms with Gasteiger partial charge in [0.2, 0.25) is 11.8 Å². The van der Waals surface area contributed by atoms with Gasteiger partial charge in [0.25, 0.3) is 5.91 Å². The van der Waals surface area contributed by atoms with E-state index in [-0.39, 0.29) is 48.8 Å². The molecule has 3 atom stereocenters. The van der Waals surface area contributed by atoms with Crippen molar-refractivity contribution < 1.29 is 14.4 Å². The van der Waals surface area contributed by atoms with Gasteiger partial charge in [-0.1, -0.05) is 32.0 Å². The third-order valence-electron chi connectivity index (χ3n) is 4.84. The number of nitrogens with zero attached hydrogens (tertiary/aromatic N) is 1. The first-order chi connectivity index (χ1) is 12.3. The van der Waals surface area contributed by atoms with E-state index < -0.39 is 6.04 Å². The Morgan fingerprint density at radius 3 is 2.42 bits per heavy atom. The monoisotopic (exact) mass is 360 g/mol. The number of amides is 3. The lowest BCUT2D eigenvalue weighted by molar-refractivity contribution is -0.137. The van der Waals surface area contributed by atoms with Crippen LogP contribution in [0.5, 0.6) is 0 Å². The first-order valence-corrected chi connectivity index (χ1v) is 8.99. The number of carbonyl (C=O) groups is 3. The minimum Gasteiger partial charge on any atom is -0.352 e. The third kappa shape index (κ3) is 4.82. The van der Waals surface area contributed by atoms with Crippen LogP contribution in [0.25, 0.3) is 0 Å². The lowest BCUT2D eigenvalue weighted by Crippen LogP contribution is -2.50. The number of nitrogens with one attached hydrogen (secondary N) is 2. The van der Waals surface area contributed by atoms with Crippen molar-refractivity contribution in [3.8, 4) is 0 Å². The van der Waals surface area contributed by atoms with Crippen LogP contribution in [0.3, 0.4) is 0 Å². The summed E-state index contributed by atoms with van der Waals surface area (Å²) < 4.78 is 0. The maximum Gasteiger partial charge on any atom is 0.251 e. The molecule has 1 heterocycles. The third-order valence-corrected chi connectivity index (χ3v) is 4.84. The van der Waals surface area contributed by atoms with Crippen molar-refractivity contribution in [3.63, 3.8) is 0 Å². The van der Waals surface area contributed by atoms with Crippen LogP contribution < -0.4 is 16.4 Å². The second-order valence-electron chi connectivity index (χ2n) is 7.08. The maximum atomic E-state index is 12.6. The number of rotatable bonds is 6. The van der Waals surface area contributed by atoms with Gasteiger partial charge in [-0.2, -0.15) is 0 Å². The summed E-state index contributed by atoms with van der Waals surface area (Å²) in [4.78, 5) is 38.6. The van der Waals surface area contributed by atoms with E-state index in [0.29, 0.717) is 12.0 Å². The average molecular weight is 360 g/mol. The molecule has 1 aliphatic heterocycles. The van der Waals surface area contributed by atoms with Gasteiger partial charge >= 0.3 is 0 Å². The zero-order valence-electron chi connectivity index (χ0n) is 15.6. The van der Waals surface area contributed by atoms with Crippen LogP contribution in [0.15, 0.2) is 30.3 Å². The number of likely N-dealkylation sites (tertiary alicyclic amines) is 1. The van der Waals surface area contributed by atoms with Gasteiger partial charge in [0.15, 0.2) is 0 Å². The molecule has 4 N–H and O–H groups in total. The number of benzene rings is 1. The van der Waals surface area contributed by atoms with Gasteiger partial charge in [-0.15, -0.1) is 0 Å². The lowest BCUT2D eigenvalue weighted by atomic mass is 10.1. The Bertz CT molecular complexity index is 647. The number of hydrogen-bond acceptors (Lipinski definition) is 4. The molecule has 3 amide bonds. The van der Waals surface area contributed by atoms with Crippen LogP contribution in [0, 0.1) is 5.92 Å². The largest absolute Gasteiger partial charge is 0.352 e. The van der Waals surface area contributed by atoms with E-state index in [9.17, 15) is 14.4 Å². The molecule has 0 bridgehead atoms. The Morgan fingerprint density at radius 1 is 1.19 bits per heavy atom. The zero-order chi connectivity index (χ0) is 19.3. The van der Waals surface area contributed by atoms with Gasteiger partial charge < -0.3 is 21.3 Å². The predicted octanol–water partition coefficient (Wildman–Crippen LogP) is 0.505. The normalized spacial score (nSPS) is 20.7. The summed E-state index contributed by atoms with van der Waals surface area (Å²) in [5.74, 6) is -0.428. The fraction of sp³-hybridized carbons (Fsp3) is 0.526. The van der Waals surface area contributed by atoms with E-state index in [2.05, 4.69) is 10.6 Å². The minimum atomic E-state index is -0.617. The van der Waals surface area contributed by atoms with Crippen LogP contribution in [0.4, 0.5) is 0 Å². The van der Waals surface area contributed by atoms with E-state index >= 15 is 0 Å². The maximum absolute atomic E-state index is 12.6. The van der Waals surface area contributed by atoms with Crippen LogP contribution in [-0.2, 0) is 9.59 Å². The summed E-state index contributed by atoms with van der Waals surface area (Å²) in [5, 5.41) is 5.86. The Kier molecular flexibility index (Phi) is 6.74. The highest BCUT2D eigenvalue weighted by Crippen LogP contribution is 2.19. The van der Waals surface area contributed by atoms with Crippen molar-refractivity contribution in [2.75, 3.05) is 13.1 Å². The summed E-state index contributed by atoms with van der Waals surface area (Å²) in [6, 6.07) is 7.95. The molecule has 1 aromatic carbocycles. The average Bonchev–Trinajstić information content (AvgIpc) is 3.05. The number of carbonyl (C=O) groups excluding carboxylic acids is 3. The molecule has 2 rings (SSSR count). The highest BCUT2D eigenvalue weighted by Gasteiger charge is 2.40. The van der Waals surface area contributed by atoms with Crippen molar-refractivity contribution in [3.05, 3.63) is 35.9 Å². The molecule has 1 saturated heterocycles. The van der Waals surface area contributed by atoms with E-state index in [1.165, 1.54) is 4.90 Å². The van der Waals surface area contributed by atoms with Gasteiger partial charge in [-0.05, 0) is 31.4 Å². The first kappa shape index (κ1) is 19.9. The molecule has 7 nitrogen and oxygen atoms in total. The van der Waals surface area contributed by atoms with Gasteiger partial charge in [-0.3, -0.25) is 14.4 Å². The molecule has 7 heteroatoms. The van der Waals surface area contributed by atoms with Crippen molar-refractivity contribution in [2.24, 2.45) is 11.7 Å². The van der Waals surface area contributed by atoms with Crippen LogP contribution in [-0.4, -0.2) is 53.8 Å². The van der Waals surface area contributed by atoms with E-state index in [1.54, 1.807) is 24.3 Å². The van der Waals surface area contributed by atoms with Crippen LogP contribution >= 0.6 is 0 Å². The van der Waals surface area contributed by atoms with Gasteiger partial charge in [-0.25, -0.2) is 0 Å². The standard InChI is InChI=1S/C19H28N4O3/c1-12(2)13(3)21-19(26)16-9-15(11-23(16)17(24)10-20)22-18(25)14-7-5-4-6-8-14/h4-8,12-13,15-16H,9-11,20H2,1-3H3,(H,21,26)(H,22,25)/t13-,15?,16?/m1/s1. The lowest BCUT2D eigenvalue weighted by Gasteiger charge is -2.26. The molecule has 1 aromatic rings. The second kappa shape index (κ2) is 8.80. The Morgan fingerprint density at radius 2 is 1.85 bits per heavy atom. The summed E-state index contributed by atoms with van der Waals surface area (Å²) in [5.41, 5.74) is 6.04. The molecule has 1 fully saturated rings. The predicted molar refractivity (Wildman–Crippen MR) is 99.3 cm³/mol. The topological polar surface area (TPSA) is 105 Å². The first-order valence-electron chi connectivity index (χ1n) is 8.99. The summed E-state index contributed by atoms with van der Waals surface area (Å²) in [6.07, 6.45) is 0.376. The zero-order valence-corrected chi connectivity index (χ0v) is 15.6. The van der Waals surface area contributed by atoms with E-state index in [0.717, 1.165) is 0 Å². The van der Waals surface area contributed by atoms with Gasteiger partial charge in [0.05, 0.1) is 6.54 Å². The second-order valence-corrected chi connectivity index (χ2v) is 7.08. The molecule has 0 radical (unpaired) electrons. The smallest absolute Gasteiger partial charge is 0.251 e. The molecule has 0 aliphatic carbocycles. The van der Waals surface area contributed by atoms with Crippen LogP contribution in [0.2, 0.25) is 0 Å². The molecular formula is C19H28N4O3. The number of nitrogens with two attached hydrogens (primary N) is 1. The highest BCUT2D eigenvalue weighted by atomic mass is 16.2. The minimum absolute atomic E-state index is 0.00436. The van der Waals surface area contributed by atoms with Crippen molar-refractivity contribution in [1.29, 1.82) is 0 Å². The van der Waals surface area contributed by atoms with E-state index in [4.69, 9.17) is 5.73 Å². The number of hydrogen-bond donors (Lipinski definition) is 3. The van der Waals surface area contributed by atoms with Gasteiger partial charge in [0, 0.05) is 24.2 Å². The molecule has 0 aromatic heterocycles. The Hall–Kier alpha value is -2.41. The van der Waals surface area contributed by atoms with Gasteiger partial charge in [0.1, 0.15) is 6.04 Å². The van der Waals surface area contributed by atoms with E-state index in [1.807, 2.05) is 26.8 Å². The molecule has 1 aliphatic rings. The Labute approximate surface area is 154 Å². The SMILES string of the molecule is CC(C)[C@@H](C)NC(=O)C1CC(NC(=O)c2ccccc2)CN1C(=O)CN. The molecular weight excluding hydrogens is 332 g/mol. The van der Waals surface area contributed by atoms with Crippen molar-refractivity contribution in [2.45, 2.75) is 45.3 Å². The molecule has 0 spiro atoms. The summed E-state index contributed by atoms with van der Waals surface area (Å²) in [6.45, 7) is 6.09. The Balaban J connectivity index is 2.06. The quantitative estimate of drug-likeness (QED) is 0.687. The summed E-state index contributed by atoms with van der Waals surface area (Å²) >= 11 is 0.